The summed E-state index contributed by atoms with van der Waals surface area (Å²) in [5.74, 6) is 0. The van der Waals surface area contributed by atoms with Gasteiger partial charge in [-0.2, -0.15) is 0 Å². The fourth-order valence-electron chi connectivity index (χ4n) is 1.93. The summed E-state index contributed by atoms with van der Waals surface area (Å²) in [4.78, 5) is 0. The van der Waals surface area contributed by atoms with Crippen molar-refractivity contribution in [2.75, 3.05) is 0 Å². The molecule has 0 aliphatic rings. The lowest BCUT2D eigenvalue weighted by Gasteiger charge is -2.03. The van der Waals surface area contributed by atoms with Crippen LogP contribution in [-0.2, 0) is 6.61 Å². The van der Waals surface area contributed by atoms with Crippen molar-refractivity contribution in [3.63, 3.8) is 0 Å². The van der Waals surface area contributed by atoms with Crippen molar-refractivity contribution in [3.05, 3.63) is 66.5 Å². The highest BCUT2D eigenvalue weighted by Crippen LogP contribution is 2.20. The Bertz CT molecular complexity index is 659. The average molecular weight is 251 g/mol. The van der Waals surface area contributed by atoms with E-state index in [0.717, 1.165) is 11.3 Å². The van der Waals surface area contributed by atoms with Gasteiger partial charge >= 0.3 is 0 Å². The third-order valence-corrected chi connectivity index (χ3v) is 2.94. The Morgan fingerprint density at radius 2 is 1.58 bits per heavy atom. The van der Waals surface area contributed by atoms with Crippen LogP contribution in [0.15, 0.2) is 60.8 Å². The largest absolute Gasteiger partial charge is 0.390 e. The van der Waals surface area contributed by atoms with Gasteiger partial charge in [0.1, 0.15) is 5.69 Å². The second-order valence-electron chi connectivity index (χ2n) is 4.23. The van der Waals surface area contributed by atoms with Gasteiger partial charge < -0.3 is 5.11 Å². The molecular weight excluding hydrogens is 238 g/mol. The fraction of sp³-hybridized carbons (Fsp3) is 0.0667. The quantitative estimate of drug-likeness (QED) is 0.777. The van der Waals surface area contributed by atoms with Gasteiger partial charge in [-0.25, -0.2) is 4.68 Å². The van der Waals surface area contributed by atoms with Gasteiger partial charge in [-0.3, -0.25) is 0 Å². The molecule has 4 heteroatoms. The van der Waals surface area contributed by atoms with Gasteiger partial charge in [0.15, 0.2) is 0 Å². The van der Waals surface area contributed by atoms with Crippen LogP contribution in [0.25, 0.3) is 16.8 Å². The standard InChI is InChI=1S/C15H13N3O/c19-11-14-10-18(17-16-14)15-8-6-13(7-9-15)12-4-2-1-3-5-12/h1-10,19H,11H2. The molecule has 0 fully saturated rings. The Balaban J connectivity index is 1.90. The van der Waals surface area contributed by atoms with Crippen molar-refractivity contribution in [2.45, 2.75) is 6.61 Å². The van der Waals surface area contributed by atoms with Gasteiger partial charge in [0.05, 0.1) is 18.5 Å². The Labute approximate surface area is 111 Å². The van der Waals surface area contributed by atoms with E-state index in [4.69, 9.17) is 5.11 Å². The van der Waals surface area contributed by atoms with E-state index in [1.54, 1.807) is 10.9 Å². The minimum absolute atomic E-state index is 0.0951. The van der Waals surface area contributed by atoms with Crippen LogP contribution in [0.2, 0.25) is 0 Å². The molecule has 0 aliphatic carbocycles. The van der Waals surface area contributed by atoms with Crippen molar-refractivity contribution in [2.24, 2.45) is 0 Å². The third-order valence-electron chi connectivity index (χ3n) is 2.94. The fourth-order valence-corrected chi connectivity index (χ4v) is 1.93. The molecule has 4 nitrogen and oxygen atoms in total. The van der Waals surface area contributed by atoms with Crippen LogP contribution in [-0.4, -0.2) is 20.1 Å². The average Bonchev–Trinajstić information content (AvgIpc) is 2.97. The van der Waals surface area contributed by atoms with Gasteiger partial charge in [0.2, 0.25) is 0 Å². The molecule has 0 saturated carbocycles. The van der Waals surface area contributed by atoms with Crippen LogP contribution in [0.4, 0.5) is 0 Å². The van der Waals surface area contributed by atoms with E-state index in [-0.39, 0.29) is 6.61 Å². The number of aromatic nitrogens is 3. The van der Waals surface area contributed by atoms with E-state index in [9.17, 15) is 0 Å². The van der Waals surface area contributed by atoms with Crippen LogP contribution in [0.3, 0.4) is 0 Å². The second kappa shape index (κ2) is 5.04. The molecular formula is C15H13N3O. The summed E-state index contributed by atoms with van der Waals surface area (Å²) in [5.41, 5.74) is 3.83. The zero-order valence-electron chi connectivity index (χ0n) is 10.3. The maximum atomic E-state index is 8.97. The van der Waals surface area contributed by atoms with E-state index >= 15 is 0 Å². The van der Waals surface area contributed by atoms with Gasteiger partial charge in [0.25, 0.3) is 0 Å². The normalized spacial score (nSPS) is 10.6. The molecule has 1 aromatic heterocycles. The lowest BCUT2D eigenvalue weighted by atomic mass is 10.1. The number of aliphatic hydroxyl groups excluding tert-OH is 1. The number of hydrogen-bond donors (Lipinski definition) is 1. The summed E-state index contributed by atoms with van der Waals surface area (Å²) in [6.45, 7) is -0.0951. The molecule has 0 atom stereocenters. The SMILES string of the molecule is OCc1cn(-c2ccc(-c3ccccc3)cc2)nn1. The van der Waals surface area contributed by atoms with Gasteiger partial charge in [-0.1, -0.05) is 47.7 Å². The molecule has 0 radical (unpaired) electrons. The topological polar surface area (TPSA) is 50.9 Å². The molecule has 2 aromatic carbocycles. The molecule has 3 rings (SSSR count). The van der Waals surface area contributed by atoms with Crippen molar-refractivity contribution < 1.29 is 5.11 Å². The molecule has 0 unspecified atom stereocenters. The monoisotopic (exact) mass is 251 g/mol. The number of nitrogens with zero attached hydrogens (tertiary/aromatic N) is 3. The predicted molar refractivity (Wildman–Crippen MR) is 72.7 cm³/mol. The summed E-state index contributed by atoms with van der Waals surface area (Å²) in [6.07, 6.45) is 1.72. The first-order valence-corrected chi connectivity index (χ1v) is 6.05. The first-order valence-electron chi connectivity index (χ1n) is 6.05. The van der Waals surface area contributed by atoms with E-state index in [1.807, 2.05) is 42.5 Å². The second-order valence-corrected chi connectivity index (χ2v) is 4.23. The van der Waals surface area contributed by atoms with Crippen LogP contribution in [0.5, 0.6) is 0 Å². The Morgan fingerprint density at radius 1 is 0.895 bits per heavy atom. The maximum Gasteiger partial charge on any atom is 0.109 e. The number of hydrogen-bond acceptors (Lipinski definition) is 3. The van der Waals surface area contributed by atoms with E-state index in [0.29, 0.717) is 5.69 Å². The van der Waals surface area contributed by atoms with Crippen LogP contribution >= 0.6 is 0 Å². The first kappa shape index (κ1) is 11.6. The molecule has 0 saturated heterocycles. The Hall–Kier alpha value is -2.46. The van der Waals surface area contributed by atoms with Crippen LogP contribution < -0.4 is 0 Å². The third kappa shape index (κ3) is 2.39. The van der Waals surface area contributed by atoms with Gasteiger partial charge in [0, 0.05) is 0 Å². The number of aliphatic hydroxyl groups is 1. The summed E-state index contributed by atoms with van der Waals surface area (Å²) in [6, 6.07) is 18.3. The predicted octanol–water partition coefficient (Wildman–Crippen LogP) is 2.43. The maximum absolute atomic E-state index is 8.97. The molecule has 0 amide bonds. The smallest absolute Gasteiger partial charge is 0.109 e. The summed E-state index contributed by atoms with van der Waals surface area (Å²) < 4.78 is 1.65. The highest BCUT2D eigenvalue weighted by Gasteiger charge is 2.02. The minimum Gasteiger partial charge on any atom is -0.390 e. The van der Waals surface area contributed by atoms with Crippen LogP contribution in [0.1, 0.15) is 5.69 Å². The summed E-state index contributed by atoms with van der Waals surface area (Å²) in [5, 5.41) is 16.8. The Morgan fingerprint density at radius 3 is 2.21 bits per heavy atom. The van der Waals surface area contributed by atoms with Gasteiger partial charge in [-0.15, -0.1) is 5.10 Å². The van der Waals surface area contributed by atoms with Gasteiger partial charge in [-0.05, 0) is 23.3 Å². The molecule has 0 bridgehead atoms. The minimum atomic E-state index is -0.0951. The van der Waals surface area contributed by atoms with Crippen molar-refractivity contribution in [1.29, 1.82) is 0 Å². The van der Waals surface area contributed by atoms with E-state index in [1.165, 1.54) is 5.56 Å². The van der Waals surface area contributed by atoms with Crippen molar-refractivity contribution >= 4 is 0 Å². The molecule has 1 heterocycles. The molecule has 0 spiro atoms. The van der Waals surface area contributed by atoms with E-state index in [2.05, 4.69) is 22.4 Å². The number of benzene rings is 2. The van der Waals surface area contributed by atoms with Crippen molar-refractivity contribution in [1.82, 2.24) is 15.0 Å². The molecule has 0 aliphatic heterocycles. The van der Waals surface area contributed by atoms with Crippen molar-refractivity contribution in [3.8, 4) is 16.8 Å². The van der Waals surface area contributed by atoms with E-state index < -0.39 is 0 Å². The summed E-state index contributed by atoms with van der Waals surface area (Å²) >= 11 is 0. The summed E-state index contributed by atoms with van der Waals surface area (Å²) in [7, 11) is 0. The zero-order valence-corrected chi connectivity index (χ0v) is 10.3. The number of rotatable bonds is 3. The molecule has 94 valence electrons. The van der Waals surface area contributed by atoms with Crippen LogP contribution in [0, 0.1) is 0 Å². The molecule has 1 N–H and O–H groups in total. The highest BCUT2D eigenvalue weighted by atomic mass is 16.3. The first-order chi connectivity index (χ1) is 9.36. The Kier molecular flexibility index (Phi) is 3.08. The highest BCUT2D eigenvalue weighted by molar-refractivity contribution is 5.64. The molecule has 3 aromatic rings. The lowest BCUT2D eigenvalue weighted by Crippen LogP contribution is -1.94. The molecule has 19 heavy (non-hydrogen) atoms. The lowest BCUT2D eigenvalue weighted by molar-refractivity contribution is 0.276. The zero-order chi connectivity index (χ0) is 13.1.